The first-order valence-electron chi connectivity index (χ1n) is 5.37. The van der Waals surface area contributed by atoms with Crippen LogP contribution in [0.3, 0.4) is 0 Å². The van der Waals surface area contributed by atoms with Gasteiger partial charge < -0.3 is 15.2 Å². The first-order chi connectivity index (χ1) is 7.99. The average molecular weight is 257 g/mol. The van der Waals surface area contributed by atoms with Crippen LogP contribution in [0.25, 0.3) is 0 Å². The molecular weight excluding hydrogens is 242 g/mol. The van der Waals surface area contributed by atoms with Gasteiger partial charge in [-0.1, -0.05) is 0 Å². The summed E-state index contributed by atoms with van der Waals surface area (Å²) >= 11 is 0. The molecule has 1 aliphatic heterocycles. The molecule has 1 atom stereocenters. The van der Waals surface area contributed by atoms with Gasteiger partial charge in [-0.15, -0.1) is 0 Å². The minimum absolute atomic E-state index is 0.0767. The second kappa shape index (κ2) is 4.54. The van der Waals surface area contributed by atoms with Crippen LogP contribution in [0.1, 0.15) is 6.92 Å². The third-order valence-corrected chi connectivity index (χ3v) is 4.29. The number of rotatable bonds is 3. The Bertz CT molecular complexity index is 510. The Balaban J connectivity index is 2.34. The summed E-state index contributed by atoms with van der Waals surface area (Å²) in [4.78, 5) is 0.221. The largest absolute Gasteiger partial charge is 0.486 e. The van der Waals surface area contributed by atoms with Crippen LogP contribution in [0.2, 0.25) is 0 Å². The minimum Gasteiger partial charge on any atom is -0.486 e. The maximum absolute atomic E-state index is 12.0. The third kappa shape index (κ3) is 2.70. The van der Waals surface area contributed by atoms with Crippen molar-refractivity contribution in [3.8, 4) is 11.5 Å². The summed E-state index contributed by atoms with van der Waals surface area (Å²) in [6.45, 7) is 2.58. The van der Waals surface area contributed by atoms with Gasteiger partial charge in [0.05, 0.1) is 10.6 Å². The lowest BCUT2D eigenvalue weighted by molar-refractivity contribution is 0.171. The van der Waals surface area contributed by atoms with Gasteiger partial charge >= 0.3 is 0 Å². The molecule has 0 saturated carbocycles. The molecule has 0 amide bonds. The Morgan fingerprint density at radius 3 is 2.59 bits per heavy atom. The Kier molecular flexibility index (Phi) is 3.26. The zero-order valence-corrected chi connectivity index (χ0v) is 10.4. The topological polar surface area (TPSA) is 78.6 Å². The van der Waals surface area contributed by atoms with E-state index in [1.54, 1.807) is 13.0 Å². The van der Waals surface area contributed by atoms with Crippen molar-refractivity contribution in [3.63, 3.8) is 0 Å². The van der Waals surface area contributed by atoms with Crippen LogP contribution in [0.15, 0.2) is 23.1 Å². The van der Waals surface area contributed by atoms with Gasteiger partial charge in [0.25, 0.3) is 0 Å². The first kappa shape index (κ1) is 12.2. The molecule has 1 aromatic rings. The average Bonchev–Trinajstić information content (AvgIpc) is 2.26. The van der Waals surface area contributed by atoms with Crippen molar-refractivity contribution in [1.82, 2.24) is 0 Å². The van der Waals surface area contributed by atoms with Crippen LogP contribution in [-0.4, -0.2) is 33.4 Å². The Morgan fingerprint density at radius 1 is 1.29 bits per heavy atom. The number of sulfone groups is 1. The van der Waals surface area contributed by atoms with E-state index >= 15 is 0 Å². The molecule has 94 valence electrons. The maximum atomic E-state index is 12.0. The van der Waals surface area contributed by atoms with Crippen LogP contribution in [0.4, 0.5) is 0 Å². The molecule has 0 bridgehead atoms. The zero-order valence-electron chi connectivity index (χ0n) is 9.55. The van der Waals surface area contributed by atoms with Crippen molar-refractivity contribution in [1.29, 1.82) is 0 Å². The SMILES string of the molecule is CC(N)CS(=O)(=O)c1ccc2c(c1)OCCO2. The summed E-state index contributed by atoms with van der Waals surface area (Å²) in [5.74, 6) is 0.977. The van der Waals surface area contributed by atoms with Crippen molar-refractivity contribution < 1.29 is 17.9 Å². The highest BCUT2D eigenvalue weighted by Crippen LogP contribution is 2.32. The summed E-state index contributed by atoms with van der Waals surface area (Å²) in [5, 5.41) is 0. The van der Waals surface area contributed by atoms with E-state index in [0.717, 1.165) is 0 Å². The van der Waals surface area contributed by atoms with Crippen molar-refractivity contribution in [2.75, 3.05) is 19.0 Å². The molecular formula is C11H15NO4S. The summed E-state index contributed by atoms with van der Waals surface area (Å²) in [6, 6.07) is 4.23. The number of fused-ring (bicyclic) bond motifs is 1. The van der Waals surface area contributed by atoms with E-state index in [1.807, 2.05) is 0 Å². The maximum Gasteiger partial charge on any atom is 0.180 e. The van der Waals surface area contributed by atoms with Gasteiger partial charge in [-0.2, -0.15) is 0 Å². The second-order valence-electron chi connectivity index (χ2n) is 4.06. The van der Waals surface area contributed by atoms with Crippen molar-refractivity contribution in [3.05, 3.63) is 18.2 Å². The molecule has 0 radical (unpaired) electrons. The van der Waals surface area contributed by atoms with E-state index in [2.05, 4.69) is 0 Å². The number of hydrogen-bond donors (Lipinski definition) is 1. The van der Waals surface area contributed by atoms with E-state index in [-0.39, 0.29) is 10.6 Å². The second-order valence-corrected chi connectivity index (χ2v) is 6.10. The highest BCUT2D eigenvalue weighted by atomic mass is 32.2. The van der Waals surface area contributed by atoms with Crippen LogP contribution in [0, 0.1) is 0 Å². The molecule has 0 spiro atoms. The van der Waals surface area contributed by atoms with Crippen LogP contribution in [0.5, 0.6) is 11.5 Å². The number of benzene rings is 1. The normalized spacial score (nSPS) is 16.6. The Hall–Kier alpha value is -1.27. The van der Waals surface area contributed by atoms with Gasteiger partial charge in [0.2, 0.25) is 0 Å². The van der Waals surface area contributed by atoms with E-state index < -0.39 is 15.9 Å². The van der Waals surface area contributed by atoms with Crippen LogP contribution < -0.4 is 15.2 Å². The molecule has 1 heterocycles. The Morgan fingerprint density at radius 2 is 1.94 bits per heavy atom. The monoisotopic (exact) mass is 257 g/mol. The van der Waals surface area contributed by atoms with Crippen molar-refractivity contribution in [2.24, 2.45) is 5.73 Å². The molecule has 6 heteroatoms. The molecule has 5 nitrogen and oxygen atoms in total. The molecule has 0 saturated heterocycles. The van der Waals surface area contributed by atoms with E-state index in [4.69, 9.17) is 15.2 Å². The third-order valence-electron chi connectivity index (χ3n) is 2.36. The molecule has 0 aromatic heterocycles. The van der Waals surface area contributed by atoms with E-state index in [0.29, 0.717) is 24.7 Å². The molecule has 2 N–H and O–H groups in total. The molecule has 1 aliphatic rings. The van der Waals surface area contributed by atoms with E-state index in [9.17, 15) is 8.42 Å². The fourth-order valence-corrected chi connectivity index (χ4v) is 3.11. The smallest absolute Gasteiger partial charge is 0.180 e. The van der Waals surface area contributed by atoms with Crippen molar-refractivity contribution in [2.45, 2.75) is 17.9 Å². The van der Waals surface area contributed by atoms with Crippen molar-refractivity contribution >= 4 is 9.84 Å². The fraction of sp³-hybridized carbons (Fsp3) is 0.455. The van der Waals surface area contributed by atoms with Crippen LogP contribution in [-0.2, 0) is 9.84 Å². The number of nitrogens with two attached hydrogens (primary N) is 1. The van der Waals surface area contributed by atoms with Gasteiger partial charge in [0.1, 0.15) is 13.2 Å². The van der Waals surface area contributed by atoms with E-state index in [1.165, 1.54) is 12.1 Å². The number of ether oxygens (including phenoxy) is 2. The molecule has 1 aromatic carbocycles. The van der Waals surface area contributed by atoms with Crippen LogP contribution >= 0.6 is 0 Å². The lowest BCUT2D eigenvalue weighted by Gasteiger charge is -2.19. The van der Waals surface area contributed by atoms with Gasteiger partial charge in [-0.3, -0.25) is 0 Å². The lowest BCUT2D eigenvalue weighted by Crippen LogP contribution is -2.26. The molecule has 1 unspecified atom stereocenters. The first-order valence-corrected chi connectivity index (χ1v) is 7.02. The lowest BCUT2D eigenvalue weighted by atomic mass is 10.3. The summed E-state index contributed by atoms with van der Waals surface area (Å²) in [6.07, 6.45) is 0. The predicted octanol–water partition coefficient (Wildman–Crippen LogP) is 0.579. The highest BCUT2D eigenvalue weighted by Gasteiger charge is 2.20. The van der Waals surface area contributed by atoms with Gasteiger partial charge in [0, 0.05) is 12.1 Å². The molecule has 0 fully saturated rings. The zero-order chi connectivity index (χ0) is 12.5. The van der Waals surface area contributed by atoms with Gasteiger partial charge in [-0.25, -0.2) is 8.42 Å². The fourth-order valence-electron chi connectivity index (χ4n) is 1.66. The molecule has 0 aliphatic carbocycles. The standard InChI is InChI=1S/C11H15NO4S/c1-8(12)7-17(13,14)9-2-3-10-11(6-9)16-5-4-15-10/h2-3,6,8H,4-5,7,12H2,1H3. The quantitative estimate of drug-likeness (QED) is 0.857. The number of hydrogen-bond acceptors (Lipinski definition) is 5. The molecule has 2 rings (SSSR count). The van der Waals surface area contributed by atoms with Gasteiger partial charge in [-0.05, 0) is 19.1 Å². The molecule has 17 heavy (non-hydrogen) atoms. The van der Waals surface area contributed by atoms with Gasteiger partial charge in [0.15, 0.2) is 21.3 Å². The highest BCUT2D eigenvalue weighted by molar-refractivity contribution is 7.91. The minimum atomic E-state index is -3.35. The predicted molar refractivity (Wildman–Crippen MR) is 63.1 cm³/mol. The Labute approximate surface area is 100 Å². The summed E-state index contributed by atoms with van der Waals surface area (Å²) < 4.78 is 34.6. The summed E-state index contributed by atoms with van der Waals surface area (Å²) in [7, 11) is -3.35. The summed E-state index contributed by atoms with van der Waals surface area (Å²) in [5.41, 5.74) is 5.52.